The Morgan fingerprint density at radius 2 is 1.94 bits per heavy atom. The molecule has 0 aliphatic heterocycles. The lowest BCUT2D eigenvalue weighted by molar-refractivity contribution is 0.482. The zero-order valence-electron chi connectivity index (χ0n) is 10.6. The van der Waals surface area contributed by atoms with Crippen molar-refractivity contribution in [1.29, 1.82) is 0 Å². The minimum atomic E-state index is -0.147. The maximum absolute atomic E-state index is 11.2. The van der Waals surface area contributed by atoms with Crippen molar-refractivity contribution in [2.45, 2.75) is 38.6 Å². The molecule has 0 radical (unpaired) electrons. The molecule has 1 saturated carbocycles. The number of fused-ring (bicyclic) bond motifs is 1. The SMILES string of the molecule is CC(Nc1ccc2[nH]c(=O)[nH]c2c1)C1CCCC1. The van der Waals surface area contributed by atoms with Gasteiger partial charge in [0.2, 0.25) is 0 Å². The van der Waals surface area contributed by atoms with E-state index in [0.29, 0.717) is 6.04 Å². The van der Waals surface area contributed by atoms with E-state index in [9.17, 15) is 4.79 Å². The molecular formula is C14H19N3O. The lowest BCUT2D eigenvalue weighted by Crippen LogP contribution is -2.23. The third kappa shape index (κ3) is 2.15. The molecule has 1 aliphatic rings. The summed E-state index contributed by atoms with van der Waals surface area (Å²) in [4.78, 5) is 16.7. The van der Waals surface area contributed by atoms with Crippen molar-refractivity contribution >= 4 is 16.7 Å². The van der Waals surface area contributed by atoms with Gasteiger partial charge in [-0.05, 0) is 43.9 Å². The van der Waals surface area contributed by atoms with Crippen LogP contribution in [-0.4, -0.2) is 16.0 Å². The van der Waals surface area contributed by atoms with Crippen molar-refractivity contribution < 1.29 is 0 Å². The first-order chi connectivity index (χ1) is 8.72. The molecule has 96 valence electrons. The Labute approximate surface area is 106 Å². The van der Waals surface area contributed by atoms with Crippen molar-refractivity contribution in [2.75, 3.05) is 5.32 Å². The third-order valence-electron chi connectivity index (χ3n) is 4.02. The van der Waals surface area contributed by atoms with E-state index in [4.69, 9.17) is 0 Å². The van der Waals surface area contributed by atoms with Gasteiger partial charge in [-0.1, -0.05) is 12.8 Å². The second kappa shape index (κ2) is 4.52. The normalized spacial score (nSPS) is 18.3. The molecule has 0 spiro atoms. The predicted molar refractivity (Wildman–Crippen MR) is 74.0 cm³/mol. The first-order valence-electron chi connectivity index (χ1n) is 6.71. The lowest BCUT2D eigenvalue weighted by atomic mass is 9.99. The standard InChI is InChI=1S/C14H19N3O/c1-9(10-4-2-3-5-10)15-11-6-7-12-13(8-11)17-14(18)16-12/h6-10,15H,2-5H2,1H3,(H2,16,17,18). The van der Waals surface area contributed by atoms with Crippen LogP contribution in [0.5, 0.6) is 0 Å². The number of hydrogen-bond donors (Lipinski definition) is 3. The Balaban J connectivity index is 1.79. The van der Waals surface area contributed by atoms with Crippen LogP contribution in [0, 0.1) is 5.92 Å². The van der Waals surface area contributed by atoms with Crippen LogP contribution >= 0.6 is 0 Å². The van der Waals surface area contributed by atoms with Crippen LogP contribution in [0.15, 0.2) is 23.0 Å². The highest BCUT2D eigenvalue weighted by atomic mass is 16.1. The summed E-state index contributed by atoms with van der Waals surface area (Å²) in [6.45, 7) is 2.25. The third-order valence-corrected chi connectivity index (χ3v) is 4.02. The molecule has 1 aromatic carbocycles. The Hall–Kier alpha value is -1.71. The van der Waals surface area contributed by atoms with E-state index in [1.54, 1.807) is 0 Å². The molecule has 1 atom stereocenters. The van der Waals surface area contributed by atoms with E-state index in [0.717, 1.165) is 22.6 Å². The fourth-order valence-corrected chi connectivity index (χ4v) is 2.96. The second-order valence-corrected chi connectivity index (χ2v) is 5.32. The van der Waals surface area contributed by atoms with Gasteiger partial charge in [0.25, 0.3) is 0 Å². The summed E-state index contributed by atoms with van der Waals surface area (Å²) in [6, 6.07) is 6.46. The molecule has 1 fully saturated rings. The molecule has 3 N–H and O–H groups in total. The van der Waals surface area contributed by atoms with Crippen LogP contribution in [0.3, 0.4) is 0 Å². The molecular weight excluding hydrogens is 226 g/mol. The highest BCUT2D eigenvalue weighted by molar-refractivity contribution is 5.78. The molecule has 0 amide bonds. The number of H-pyrrole nitrogens is 2. The molecule has 3 rings (SSSR count). The summed E-state index contributed by atoms with van der Waals surface area (Å²) in [5.41, 5.74) is 2.66. The average molecular weight is 245 g/mol. The van der Waals surface area contributed by atoms with E-state index in [1.807, 2.05) is 18.2 Å². The van der Waals surface area contributed by atoms with Crippen molar-refractivity contribution in [3.05, 3.63) is 28.7 Å². The van der Waals surface area contributed by atoms with Crippen LogP contribution in [0.4, 0.5) is 5.69 Å². The molecule has 4 heteroatoms. The topological polar surface area (TPSA) is 60.7 Å². The zero-order valence-corrected chi connectivity index (χ0v) is 10.6. The molecule has 0 saturated heterocycles. The zero-order chi connectivity index (χ0) is 12.5. The van der Waals surface area contributed by atoms with E-state index >= 15 is 0 Å². The molecule has 1 aliphatic carbocycles. The average Bonchev–Trinajstić information content (AvgIpc) is 2.95. The van der Waals surface area contributed by atoms with Gasteiger partial charge < -0.3 is 15.3 Å². The maximum atomic E-state index is 11.2. The second-order valence-electron chi connectivity index (χ2n) is 5.32. The minimum Gasteiger partial charge on any atom is -0.382 e. The van der Waals surface area contributed by atoms with Crippen molar-refractivity contribution in [3.8, 4) is 0 Å². The molecule has 18 heavy (non-hydrogen) atoms. The molecule has 4 nitrogen and oxygen atoms in total. The highest BCUT2D eigenvalue weighted by Crippen LogP contribution is 2.29. The summed E-state index contributed by atoms with van der Waals surface area (Å²) in [5.74, 6) is 0.783. The van der Waals surface area contributed by atoms with Gasteiger partial charge in [-0.25, -0.2) is 4.79 Å². The van der Waals surface area contributed by atoms with Crippen molar-refractivity contribution in [3.63, 3.8) is 0 Å². The van der Waals surface area contributed by atoms with Gasteiger partial charge in [-0.15, -0.1) is 0 Å². The Morgan fingerprint density at radius 1 is 1.22 bits per heavy atom. The number of nitrogens with one attached hydrogen (secondary N) is 3. The van der Waals surface area contributed by atoms with Crippen LogP contribution in [-0.2, 0) is 0 Å². The van der Waals surface area contributed by atoms with Gasteiger partial charge in [0.05, 0.1) is 11.0 Å². The fraction of sp³-hybridized carbons (Fsp3) is 0.500. The summed E-state index contributed by atoms with van der Waals surface area (Å²) in [6.07, 6.45) is 5.39. The van der Waals surface area contributed by atoms with Gasteiger partial charge in [0, 0.05) is 11.7 Å². The van der Waals surface area contributed by atoms with Gasteiger partial charge >= 0.3 is 5.69 Å². The number of aromatic amines is 2. The Bertz CT molecular complexity index is 592. The summed E-state index contributed by atoms with van der Waals surface area (Å²) < 4.78 is 0. The number of hydrogen-bond acceptors (Lipinski definition) is 2. The Kier molecular flexibility index (Phi) is 2.86. The summed E-state index contributed by atoms with van der Waals surface area (Å²) >= 11 is 0. The van der Waals surface area contributed by atoms with Gasteiger partial charge in [-0.3, -0.25) is 0 Å². The van der Waals surface area contributed by atoms with Crippen molar-refractivity contribution in [2.24, 2.45) is 5.92 Å². The number of imidazole rings is 1. The van der Waals surface area contributed by atoms with Crippen LogP contribution in [0.25, 0.3) is 11.0 Å². The van der Waals surface area contributed by atoms with Crippen molar-refractivity contribution in [1.82, 2.24) is 9.97 Å². The number of anilines is 1. The number of rotatable bonds is 3. The van der Waals surface area contributed by atoms with E-state index in [2.05, 4.69) is 22.2 Å². The molecule has 0 bridgehead atoms. The smallest absolute Gasteiger partial charge is 0.323 e. The van der Waals surface area contributed by atoms with Gasteiger partial charge in [-0.2, -0.15) is 0 Å². The minimum absolute atomic E-state index is 0.147. The van der Waals surface area contributed by atoms with E-state index in [-0.39, 0.29) is 5.69 Å². The Morgan fingerprint density at radius 3 is 2.72 bits per heavy atom. The number of benzene rings is 1. The fourth-order valence-electron chi connectivity index (χ4n) is 2.96. The van der Waals surface area contributed by atoms with Crippen LogP contribution in [0.1, 0.15) is 32.6 Å². The highest BCUT2D eigenvalue weighted by Gasteiger charge is 2.21. The monoisotopic (exact) mass is 245 g/mol. The molecule has 2 aromatic rings. The number of aromatic nitrogens is 2. The molecule has 1 aromatic heterocycles. The molecule has 1 heterocycles. The first kappa shape index (κ1) is 11.4. The van der Waals surface area contributed by atoms with Crippen LogP contribution < -0.4 is 11.0 Å². The quantitative estimate of drug-likeness (QED) is 0.778. The van der Waals surface area contributed by atoms with Crippen LogP contribution in [0.2, 0.25) is 0 Å². The largest absolute Gasteiger partial charge is 0.382 e. The maximum Gasteiger partial charge on any atom is 0.323 e. The van der Waals surface area contributed by atoms with Gasteiger partial charge in [0.1, 0.15) is 0 Å². The lowest BCUT2D eigenvalue weighted by Gasteiger charge is -2.21. The van der Waals surface area contributed by atoms with E-state index < -0.39 is 0 Å². The molecule has 1 unspecified atom stereocenters. The predicted octanol–water partition coefficient (Wildman–Crippen LogP) is 2.85. The first-order valence-corrected chi connectivity index (χ1v) is 6.71. The van der Waals surface area contributed by atoms with Gasteiger partial charge in [0.15, 0.2) is 0 Å². The summed E-state index contributed by atoms with van der Waals surface area (Å²) in [5, 5.41) is 3.55. The summed E-state index contributed by atoms with van der Waals surface area (Å²) in [7, 11) is 0. The van der Waals surface area contributed by atoms with E-state index in [1.165, 1.54) is 25.7 Å².